The van der Waals surface area contributed by atoms with E-state index in [0.717, 1.165) is 16.6 Å². The monoisotopic (exact) mass is 275 g/mol. The summed E-state index contributed by atoms with van der Waals surface area (Å²) in [4.78, 5) is 11.3. The second-order valence-corrected chi connectivity index (χ2v) is 5.50. The smallest absolute Gasteiger partial charge is 0.336 e. The number of aromatic nitrogens is 1. The van der Waals surface area contributed by atoms with Crippen molar-refractivity contribution >= 4 is 16.9 Å². The SMILES string of the molecule is CC(C)OCc1cc2c(C(=O)O)cccc2n1C(C)C. The number of hydrogen-bond acceptors (Lipinski definition) is 2. The molecule has 0 spiro atoms. The molecule has 0 saturated carbocycles. The van der Waals surface area contributed by atoms with Crippen LogP contribution in [0.2, 0.25) is 0 Å². The molecule has 0 unspecified atom stereocenters. The van der Waals surface area contributed by atoms with Crippen LogP contribution in [0.1, 0.15) is 49.8 Å². The zero-order valence-electron chi connectivity index (χ0n) is 12.4. The lowest BCUT2D eigenvalue weighted by Gasteiger charge is -2.16. The first kappa shape index (κ1) is 14.6. The van der Waals surface area contributed by atoms with Crippen LogP contribution in [-0.4, -0.2) is 21.7 Å². The summed E-state index contributed by atoms with van der Waals surface area (Å²) in [6.45, 7) is 8.65. The van der Waals surface area contributed by atoms with Crippen molar-refractivity contribution in [1.29, 1.82) is 0 Å². The number of aromatic carboxylic acids is 1. The fourth-order valence-electron chi connectivity index (χ4n) is 2.47. The number of carboxylic acids is 1. The molecule has 0 amide bonds. The van der Waals surface area contributed by atoms with Gasteiger partial charge < -0.3 is 14.4 Å². The summed E-state index contributed by atoms with van der Waals surface area (Å²) in [7, 11) is 0. The van der Waals surface area contributed by atoms with Gasteiger partial charge in [0, 0.05) is 22.6 Å². The van der Waals surface area contributed by atoms with Crippen LogP contribution in [0.4, 0.5) is 0 Å². The average molecular weight is 275 g/mol. The topological polar surface area (TPSA) is 51.5 Å². The molecule has 4 heteroatoms. The number of ether oxygens (including phenoxy) is 1. The first-order valence-corrected chi connectivity index (χ1v) is 6.89. The maximum Gasteiger partial charge on any atom is 0.336 e. The first-order valence-electron chi connectivity index (χ1n) is 6.89. The molecule has 1 aromatic heterocycles. The molecule has 2 aromatic rings. The molecule has 0 aliphatic carbocycles. The molecule has 0 radical (unpaired) electrons. The van der Waals surface area contributed by atoms with Crippen LogP contribution in [-0.2, 0) is 11.3 Å². The summed E-state index contributed by atoms with van der Waals surface area (Å²) in [6, 6.07) is 7.57. The van der Waals surface area contributed by atoms with Crippen LogP contribution in [0.25, 0.3) is 10.9 Å². The molecular weight excluding hydrogens is 254 g/mol. The van der Waals surface area contributed by atoms with E-state index in [0.29, 0.717) is 12.2 Å². The van der Waals surface area contributed by atoms with E-state index >= 15 is 0 Å². The number of benzene rings is 1. The van der Waals surface area contributed by atoms with Crippen molar-refractivity contribution in [3.63, 3.8) is 0 Å². The molecule has 0 aliphatic rings. The van der Waals surface area contributed by atoms with Crippen molar-refractivity contribution in [1.82, 2.24) is 4.57 Å². The van der Waals surface area contributed by atoms with Crippen LogP contribution in [0.5, 0.6) is 0 Å². The predicted octanol–water partition coefficient (Wildman–Crippen LogP) is 3.85. The fourth-order valence-corrected chi connectivity index (χ4v) is 2.47. The summed E-state index contributed by atoms with van der Waals surface area (Å²) in [5.41, 5.74) is 2.30. The van der Waals surface area contributed by atoms with Gasteiger partial charge in [-0.15, -0.1) is 0 Å². The molecule has 4 nitrogen and oxygen atoms in total. The van der Waals surface area contributed by atoms with Crippen molar-refractivity contribution in [2.45, 2.75) is 46.4 Å². The molecule has 1 aromatic carbocycles. The van der Waals surface area contributed by atoms with Gasteiger partial charge in [0.1, 0.15) is 0 Å². The highest BCUT2D eigenvalue weighted by Crippen LogP contribution is 2.27. The Kier molecular flexibility index (Phi) is 4.14. The van der Waals surface area contributed by atoms with Crippen molar-refractivity contribution in [2.75, 3.05) is 0 Å². The minimum Gasteiger partial charge on any atom is -0.478 e. The van der Waals surface area contributed by atoms with Crippen molar-refractivity contribution in [3.8, 4) is 0 Å². The van der Waals surface area contributed by atoms with Crippen LogP contribution in [0.3, 0.4) is 0 Å². The Balaban J connectivity index is 2.59. The maximum absolute atomic E-state index is 11.3. The quantitative estimate of drug-likeness (QED) is 0.901. The van der Waals surface area contributed by atoms with Gasteiger partial charge in [-0.3, -0.25) is 0 Å². The zero-order chi connectivity index (χ0) is 14.9. The second-order valence-electron chi connectivity index (χ2n) is 5.50. The van der Waals surface area contributed by atoms with Crippen LogP contribution in [0, 0.1) is 0 Å². The first-order chi connectivity index (χ1) is 9.41. The highest BCUT2D eigenvalue weighted by atomic mass is 16.5. The molecule has 108 valence electrons. The third kappa shape index (κ3) is 2.70. The normalized spacial score (nSPS) is 11.7. The van der Waals surface area contributed by atoms with Gasteiger partial charge in [-0.05, 0) is 45.9 Å². The van der Waals surface area contributed by atoms with Gasteiger partial charge in [0.05, 0.1) is 18.3 Å². The standard InChI is InChI=1S/C16H21NO3/c1-10(2)17-12(9-20-11(3)4)8-14-13(16(18)19)6-5-7-15(14)17/h5-8,10-11H,9H2,1-4H3,(H,18,19). The number of nitrogens with zero attached hydrogens (tertiary/aromatic N) is 1. The van der Waals surface area contributed by atoms with Crippen LogP contribution >= 0.6 is 0 Å². The molecule has 2 rings (SSSR count). The lowest BCUT2D eigenvalue weighted by molar-refractivity contribution is 0.0614. The predicted molar refractivity (Wildman–Crippen MR) is 79.2 cm³/mol. The highest BCUT2D eigenvalue weighted by Gasteiger charge is 2.16. The summed E-state index contributed by atoms with van der Waals surface area (Å²) < 4.78 is 7.82. The van der Waals surface area contributed by atoms with Gasteiger partial charge in [0.15, 0.2) is 0 Å². The van der Waals surface area contributed by atoms with Gasteiger partial charge in [-0.1, -0.05) is 6.07 Å². The average Bonchev–Trinajstić information content (AvgIpc) is 2.73. The third-order valence-electron chi connectivity index (χ3n) is 3.27. The van der Waals surface area contributed by atoms with Crippen LogP contribution in [0.15, 0.2) is 24.3 Å². The number of hydrogen-bond donors (Lipinski definition) is 1. The summed E-state index contributed by atoms with van der Waals surface area (Å²) in [5, 5.41) is 10.1. The Morgan fingerprint density at radius 3 is 2.55 bits per heavy atom. The Hall–Kier alpha value is -1.81. The number of carboxylic acid groups (broad SMARTS) is 1. The zero-order valence-corrected chi connectivity index (χ0v) is 12.4. The molecule has 1 heterocycles. The van der Waals surface area contributed by atoms with E-state index in [1.165, 1.54) is 0 Å². The Bertz CT molecular complexity index is 626. The minimum absolute atomic E-state index is 0.146. The van der Waals surface area contributed by atoms with Gasteiger partial charge in [-0.2, -0.15) is 0 Å². The summed E-state index contributed by atoms with van der Waals surface area (Å²) >= 11 is 0. The third-order valence-corrected chi connectivity index (χ3v) is 3.27. The summed E-state index contributed by atoms with van der Waals surface area (Å²) in [6.07, 6.45) is 0.146. The lowest BCUT2D eigenvalue weighted by atomic mass is 10.1. The number of carbonyl (C=O) groups is 1. The van der Waals surface area contributed by atoms with E-state index in [4.69, 9.17) is 4.74 Å². The second kappa shape index (κ2) is 5.67. The lowest BCUT2D eigenvalue weighted by Crippen LogP contribution is -2.09. The van der Waals surface area contributed by atoms with Gasteiger partial charge in [0.25, 0.3) is 0 Å². The molecule has 0 aliphatic heterocycles. The van der Waals surface area contributed by atoms with E-state index in [1.807, 2.05) is 26.0 Å². The van der Waals surface area contributed by atoms with Crippen molar-refractivity contribution < 1.29 is 14.6 Å². The van der Waals surface area contributed by atoms with E-state index in [2.05, 4.69) is 18.4 Å². The molecule has 0 saturated heterocycles. The molecule has 1 N–H and O–H groups in total. The molecule has 20 heavy (non-hydrogen) atoms. The Morgan fingerprint density at radius 2 is 2.00 bits per heavy atom. The maximum atomic E-state index is 11.3. The minimum atomic E-state index is -0.896. The highest BCUT2D eigenvalue weighted by molar-refractivity contribution is 6.03. The molecule has 0 atom stereocenters. The van der Waals surface area contributed by atoms with E-state index in [-0.39, 0.29) is 12.1 Å². The Morgan fingerprint density at radius 1 is 1.30 bits per heavy atom. The van der Waals surface area contributed by atoms with Gasteiger partial charge >= 0.3 is 5.97 Å². The molecule has 0 fully saturated rings. The van der Waals surface area contributed by atoms with Crippen molar-refractivity contribution in [2.24, 2.45) is 0 Å². The van der Waals surface area contributed by atoms with Gasteiger partial charge in [0.2, 0.25) is 0 Å². The Labute approximate surface area is 119 Å². The van der Waals surface area contributed by atoms with Crippen LogP contribution < -0.4 is 0 Å². The summed E-state index contributed by atoms with van der Waals surface area (Å²) in [5.74, 6) is -0.896. The number of fused-ring (bicyclic) bond motifs is 1. The molecule has 0 bridgehead atoms. The van der Waals surface area contributed by atoms with E-state index in [1.54, 1.807) is 12.1 Å². The number of rotatable bonds is 5. The molecular formula is C16H21NO3. The van der Waals surface area contributed by atoms with E-state index < -0.39 is 5.97 Å². The van der Waals surface area contributed by atoms with Crippen molar-refractivity contribution in [3.05, 3.63) is 35.5 Å². The fraction of sp³-hybridized carbons (Fsp3) is 0.438. The van der Waals surface area contributed by atoms with Gasteiger partial charge in [-0.25, -0.2) is 4.79 Å². The van der Waals surface area contributed by atoms with E-state index in [9.17, 15) is 9.90 Å². The largest absolute Gasteiger partial charge is 0.478 e.